The number of carbonyl (C=O) groups is 1. The molecule has 1 aromatic carbocycles. The lowest BCUT2D eigenvalue weighted by Crippen LogP contribution is -2.31. The summed E-state index contributed by atoms with van der Waals surface area (Å²) >= 11 is 6.08. The Bertz CT molecular complexity index is 1080. The number of aromatic nitrogens is 1. The molecule has 2 aromatic rings. The van der Waals surface area contributed by atoms with E-state index in [1.165, 1.54) is 4.57 Å². The zero-order valence-corrected chi connectivity index (χ0v) is 17.4. The number of aryl methyl sites for hydroxylation is 2. The Hall–Kier alpha value is -2.86. The van der Waals surface area contributed by atoms with Crippen molar-refractivity contribution in [2.24, 2.45) is 23.7 Å². The summed E-state index contributed by atoms with van der Waals surface area (Å²) in [5.74, 6) is 0.0476. The second kappa shape index (κ2) is 7.19. The molecular formula is C22H23ClN4O2. The van der Waals surface area contributed by atoms with Gasteiger partial charge in [0, 0.05) is 36.6 Å². The lowest BCUT2D eigenvalue weighted by Gasteiger charge is -2.25. The summed E-state index contributed by atoms with van der Waals surface area (Å²) in [7, 11) is 3.36. The Balaban J connectivity index is 1.95. The molecule has 1 saturated heterocycles. The van der Waals surface area contributed by atoms with Crippen molar-refractivity contribution in [2.45, 2.75) is 25.8 Å². The fourth-order valence-electron chi connectivity index (χ4n) is 3.92. The minimum Gasteiger partial charge on any atom is -0.401 e. The first-order valence-electron chi connectivity index (χ1n) is 9.56. The molecule has 4 rings (SSSR count). The Morgan fingerprint density at radius 1 is 1.21 bits per heavy atom. The summed E-state index contributed by atoms with van der Waals surface area (Å²) in [5.41, 5.74) is 10.1. The highest BCUT2D eigenvalue weighted by molar-refractivity contribution is 6.35. The van der Waals surface area contributed by atoms with Crippen LogP contribution < -0.4 is 16.2 Å². The van der Waals surface area contributed by atoms with Gasteiger partial charge in [0.25, 0.3) is 11.5 Å². The fraction of sp³-hybridized carbons (Fsp3) is 0.318. The van der Waals surface area contributed by atoms with E-state index < -0.39 is 6.04 Å². The van der Waals surface area contributed by atoms with E-state index in [-0.39, 0.29) is 17.4 Å². The number of amides is 1. The molecule has 1 aromatic heterocycles. The molecule has 1 aliphatic carbocycles. The lowest BCUT2D eigenvalue weighted by atomic mass is 9.98. The number of allylic oxidation sites excluding steroid dienone is 1. The first kappa shape index (κ1) is 19.5. The summed E-state index contributed by atoms with van der Waals surface area (Å²) in [4.78, 5) is 32.0. The molecule has 1 aliphatic heterocycles. The van der Waals surface area contributed by atoms with Crippen molar-refractivity contribution in [3.8, 4) is 0 Å². The van der Waals surface area contributed by atoms with Crippen LogP contribution in [0.3, 0.4) is 0 Å². The zero-order valence-electron chi connectivity index (χ0n) is 16.6. The number of nitrogens with two attached hydrogens (primary N) is 1. The largest absolute Gasteiger partial charge is 0.401 e. The molecule has 2 heterocycles. The highest BCUT2D eigenvalue weighted by Gasteiger charge is 2.46. The third-order valence-electron chi connectivity index (χ3n) is 5.56. The molecule has 6 nitrogen and oxygen atoms in total. The molecule has 0 radical (unpaired) electrons. The molecule has 1 unspecified atom stereocenters. The van der Waals surface area contributed by atoms with Gasteiger partial charge in [-0.15, -0.1) is 0 Å². The minimum absolute atomic E-state index is 0.0962. The van der Waals surface area contributed by atoms with Gasteiger partial charge in [-0.1, -0.05) is 23.7 Å². The predicted octanol–water partition coefficient (Wildman–Crippen LogP) is 3.13. The van der Waals surface area contributed by atoms with Crippen molar-refractivity contribution in [2.75, 3.05) is 11.9 Å². The van der Waals surface area contributed by atoms with Crippen LogP contribution in [0.1, 0.15) is 30.0 Å². The second-order valence-electron chi connectivity index (χ2n) is 7.64. The van der Waals surface area contributed by atoms with Crippen molar-refractivity contribution in [1.82, 2.24) is 4.57 Å². The van der Waals surface area contributed by atoms with Gasteiger partial charge in [-0.25, -0.2) is 0 Å². The first-order valence-corrected chi connectivity index (χ1v) is 9.94. The second-order valence-corrected chi connectivity index (χ2v) is 8.08. The molecular weight excluding hydrogens is 388 g/mol. The van der Waals surface area contributed by atoms with Crippen molar-refractivity contribution in [1.29, 1.82) is 0 Å². The van der Waals surface area contributed by atoms with Crippen molar-refractivity contribution >= 4 is 28.9 Å². The van der Waals surface area contributed by atoms with Crippen LogP contribution in [-0.4, -0.2) is 23.2 Å². The number of hydrogen-bond acceptors (Lipinski definition) is 4. The standard InChI is InChI=1S/C22H23ClN4O2/c1-12-10-16(11-26(3)21(12)28)27-20(14-6-8-15(23)9-7-14)19(25-2)17(22(27)29)18(24)13-4-5-13/h6-11,13,20H,4-5,24H2,1-3H3/b18-17+,25-19?. The van der Waals surface area contributed by atoms with E-state index in [1.54, 1.807) is 50.3 Å². The van der Waals surface area contributed by atoms with E-state index >= 15 is 0 Å². The molecule has 0 bridgehead atoms. The number of anilines is 1. The van der Waals surface area contributed by atoms with Gasteiger partial charge in [-0.3, -0.25) is 19.5 Å². The Morgan fingerprint density at radius 2 is 1.86 bits per heavy atom. The van der Waals surface area contributed by atoms with Gasteiger partial charge in [-0.2, -0.15) is 0 Å². The predicted molar refractivity (Wildman–Crippen MR) is 115 cm³/mol. The normalized spacial score (nSPS) is 22.5. The maximum absolute atomic E-state index is 13.6. The summed E-state index contributed by atoms with van der Waals surface area (Å²) in [6, 6.07) is 8.68. The SMILES string of the molecule is CN=C1/C(=C(\N)C2CC2)C(=O)N(c2cc(C)c(=O)n(C)c2)C1c1ccc(Cl)cc1. The number of benzene rings is 1. The van der Waals surface area contributed by atoms with Gasteiger partial charge in [0.1, 0.15) is 6.04 Å². The van der Waals surface area contributed by atoms with Gasteiger partial charge in [0.05, 0.1) is 17.0 Å². The van der Waals surface area contributed by atoms with Gasteiger partial charge in [-0.05, 0) is 49.4 Å². The third kappa shape index (κ3) is 3.27. The Morgan fingerprint density at radius 3 is 2.41 bits per heavy atom. The number of rotatable bonds is 3. The molecule has 29 heavy (non-hydrogen) atoms. The lowest BCUT2D eigenvalue weighted by molar-refractivity contribution is -0.114. The van der Waals surface area contributed by atoms with Crippen LogP contribution in [0.4, 0.5) is 5.69 Å². The first-order chi connectivity index (χ1) is 13.8. The van der Waals surface area contributed by atoms with E-state index in [0.717, 1.165) is 18.4 Å². The smallest absolute Gasteiger partial charge is 0.262 e. The van der Waals surface area contributed by atoms with Gasteiger partial charge in [0.2, 0.25) is 0 Å². The Kier molecular flexibility index (Phi) is 4.82. The van der Waals surface area contributed by atoms with E-state index in [2.05, 4.69) is 4.99 Å². The molecule has 0 spiro atoms. The maximum atomic E-state index is 13.6. The summed E-state index contributed by atoms with van der Waals surface area (Å²) in [6.07, 6.45) is 3.66. The van der Waals surface area contributed by atoms with Crippen molar-refractivity contribution in [3.63, 3.8) is 0 Å². The third-order valence-corrected chi connectivity index (χ3v) is 5.82. The van der Waals surface area contributed by atoms with Crippen LogP contribution in [0.25, 0.3) is 0 Å². The number of halogens is 1. The van der Waals surface area contributed by atoms with Crippen molar-refractivity contribution < 1.29 is 4.79 Å². The van der Waals surface area contributed by atoms with E-state index in [4.69, 9.17) is 17.3 Å². The number of aliphatic imine (C=N–C) groups is 1. The summed E-state index contributed by atoms with van der Waals surface area (Å²) in [6.45, 7) is 1.74. The molecule has 2 aliphatic rings. The molecule has 1 amide bonds. The van der Waals surface area contributed by atoms with Crippen molar-refractivity contribution in [3.05, 3.63) is 74.3 Å². The zero-order chi connectivity index (χ0) is 20.9. The molecule has 1 saturated carbocycles. The van der Waals surface area contributed by atoms with Crippen LogP contribution in [0.5, 0.6) is 0 Å². The quantitative estimate of drug-likeness (QED) is 0.789. The van der Waals surface area contributed by atoms with Gasteiger partial charge >= 0.3 is 0 Å². The average Bonchev–Trinajstić information content (AvgIpc) is 3.49. The monoisotopic (exact) mass is 410 g/mol. The molecule has 2 fully saturated rings. The van der Waals surface area contributed by atoms with E-state index in [1.807, 2.05) is 12.1 Å². The Labute approximate surface area is 174 Å². The maximum Gasteiger partial charge on any atom is 0.262 e. The number of hydrogen-bond donors (Lipinski definition) is 1. The highest BCUT2D eigenvalue weighted by Crippen LogP contribution is 2.43. The average molecular weight is 411 g/mol. The number of pyridine rings is 1. The molecule has 1 atom stereocenters. The molecule has 150 valence electrons. The molecule has 7 heteroatoms. The van der Waals surface area contributed by atoms with Gasteiger partial charge in [0.15, 0.2) is 0 Å². The fourth-order valence-corrected chi connectivity index (χ4v) is 4.04. The van der Waals surface area contributed by atoms with E-state index in [0.29, 0.717) is 33.3 Å². The highest BCUT2D eigenvalue weighted by atomic mass is 35.5. The summed E-state index contributed by atoms with van der Waals surface area (Å²) < 4.78 is 1.49. The minimum atomic E-state index is -0.436. The van der Waals surface area contributed by atoms with Crippen LogP contribution in [-0.2, 0) is 11.8 Å². The number of carbonyl (C=O) groups excluding carboxylic acids is 1. The van der Waals surface area contributed by atoms with Crippen LogP contribution in [0.15, 0.2) is 57.6 Å². The van der Waals surface area contributed by atoms with Crippen LogP contribution in [0.2, 0.25) is 5.02 Å². The molecule has 2 N–H and O–H groups in total. The van der Waals surface area contributed by atoms with E-state index in [9.17, 15) is 9.59 Å². The van der Waals surface area contributed by atoms with Crippen LogP contribution in [0, 0.1) is 12.8 Å². The topological polar surface area (TPSA) is 80.7 Å². The number of nitrogens with zero attached hydrogens (tertiary/aromatic N) is 3. The summed E-state index contributed by atoms with van der Waals surface area (Å²) in [5, 5.41) is 0.617. The van der Waals surface area contributed by atoms with Crippen LogP contribution >= 0.6 is 11.6 Å². The van der Waals surface area contributed by atoms with Gasteiger partial charge < -0.3 is 10.3 Å².